The molecule has 1 saturated heterocycles. The normalized spacial score (nSPS) is 16.3. The molecule has 0 radical (unpaired) electrons. The molecule has 2 aromatic rings. The zero-order valence-corrected chi connectivity index (χ0v) is 27.9. The number of carbonyl (C=O) groups excluding carboxylic acids is 3. The van der Waals surface area contributed by atoms with Gasteiger partial charge in [-0.1, -0.05) is 88.1 Å². The summed E-state index contributed by atoms with van der Waals surface area (Å²) in [6, 6.07) is 17.3. The average Bonchev–Trinajstić information content (AvgIpc) is 3.54. The van der Waals surface area contributed by atoms with Crippen LogP contribution >= 0.6 is 7.82 Å². The second kappa shape index (κ2) is 20.7. The number of ether oxygens (including phenoxy) is 3. The van der Waals surface area contributed by atoms with Crippen molar-refractivity contribution in [3.8, 4) is 5.75 Å². The first-order valence-corrected chi connectivity index (χ1v) is 17.7. The summed E-state index contributed by atoms with van der Waals surface area (Å²) in [4.78, 5) is 39.3. The van der Waals surface area contributed by atoms with Crippen LogP contribution in [0.4, 0.5) is 4.79 Å². The van der Waals surface area contributed by atoms with E-state index >= 15 is 0 Å². The number of hydrogen-bond acceptors (Lipinski definition) is 10. The Balaban J connectivity index is 1.65. The average molecular weight is 662 g/mol. The summed E-state index contributed by atoms with van der Waals surface area (Å²) < 4.78 is 47.7. The van der Waals surface area contributed by atoms with Crippen LogP contribution in [0.1, 0.15) is 83.6 Å². The molecule has 3 rings (SSSR count). The monoisotopic (exact) mass is 661 g/mol. The maximum Gasteiger partial charge on any atom is 0.530 e. The molecule has 1 aliphatic heterocycles. The van der Waals surface area contributed by atoms with Gasteiger partial charge in [0.15, 0.2) is 6.10 Å². The van der Waals surface area contributed by atoms with E-state index in [1.807, 2.05) is 44.2 Å². The Labute approximate surface area is 272 Å². The highest BCUT2D eigenvalue weighted by Gasteiger charge is 2.36. The van der Waals surface area contributed by atoms with E-state index in [4.69, 9.17) is 27.8 Å². The summed E-state index contributed by atoms with van der Waals surface area (Å²) in [6.45, 7) is 3.85. The van der Waals surface area contributed by atoms with E-state index in [0.717, 1.165) is 37.7 Å². The predicted molar refractivity (Wildman–Crippen MR) is 172 cm³/mol. The molecule has 0 saturated carbocycles. The molecule has 254 valence electrons. The first-order chi connectivity index (χ1) is 22.3. The molecule has 46 heavy (non-hydrogen) atoms. The number of likely N-dealkylation sites (tertiary alicyclic amines) is 1. The van der Waals surface area contributed by atoms with Gasteiger partial charge in [0, 0.05) is 19.4 Å². The van der Waals surface area contributed by atoms with Crippen LogP contribution in [0.25, 0.3) is 0 Å². The van der Waals surface area contributed by atoms with Crippen LogP contribution < -0.4 is 4.52 Å². The number of amides is 1. The zero-order valence-electron chi connectivity index (χ0n) is 27.0. The Morgan fingerprint density at radius 1 is 0.826 bits per heavy atom. The van der Waals surface area contributed by atoms with E-state index in [-0.39, 0.29) is 38.4 Å². The van der Waals surface area contributed by atoms with Gasteiger partial charge in [-0.25, -0.2) is 9.36 Å². The van der Waals surface area contributed by atoms with Crippen molar-refractivity contribution in [2.75, 3.05) is 26.4 Å². The first-order valence-electron chi connectivity index (χ1n) is 16.3. The lowest BCUT2D eigenvalue weighted by molar-refractivity contribution is -0.161. The number of rotatable bonds is 21. The third-order valence-corrected chi connectivity index (χ3v) is 8.68. The van der Waals surface area contributed by atoms with Crippen LogP contribution in [0.15, 0.2) is 60.7 Å². The van der Waals surface area contributed by atoms with Gasteiger partial charge in [-0.05, 0) is 43.4 Å². The van der Waals surface area contributed by atoms with Gasteiger partial charge >= 0.3 is 25.9 Å². The topological polar surface area (TPSA) is 127 Å². The molecule has 0 N–H and O–H groups in total. The summed E-state index contributed by atoms with van der Waals surface area (Å²) in [5, 5.41) is 0. The zero-order chi connectivity index (χ0) is 33.0. The van der Waals surface area contributed by atoms with Crippen molar-refractivity contribution in [2.24, 2.45) is 0 Å². The Bertz CT molecular complexity index is 1230. The second-order valence-electron chi connectivity index (χ2n) is 11.2. The van der Waals surface area contributed by atoms with Gasteiger partial charge in [0.05, 0.1) is 12.6 Å². The number of hydrogen-bond donors (Lipinski definition) is 0. The van der Waals surface area contributed by atoms with Crippen molar-refractivity contribution >= 4 is 25.9 Å². The van der Waals surface area contributed by atoms with Crippen molar-refractivity contribution in [3.63, 3.8) is 0 Å². The number of phosphoric acid groups is 1. The Kier molecular flexibility index (Phi) is 16.7. The number of para-hydroxylation sites is 1. The summed E-state index contributed by atoms with van der Waals surface area (Å²) in [6.07, 6.45) is 5.27. The molecule has 2 aromatic carbocycles. The van der Waals surface area contributed by atoms with Crippen LogP contribution in [0.5, 0.6) is 5.75 Å². The Morgan fingerprint density at radius 2 is 1.48 bits per heavy atom. The molecule has 1 amide bonds. The molecule has 0 aromatic heterocycles. The maximum absolute atomic E-state index is 14.0. The van der Waals surface area contributed by atoms with Crippen LogP contribution in [-0.4, -0.2) is 61.4 Å². The van der Waals surface area contributed by atoms with Crippen molar-refractivity contribution in [2.45, 2.75) is 96.8 Å². The molecule has 0 bridgehead atoms. The van der Waals surface area contributed by atoms with E-state index in [9.17, 15) is 18.9 Å². The van der Waals surface area contributed by atoms with E-state index in [1.165, 1.54) is 0 Å². The predicted octanol–water partition coefficient (Wildman–Crippen LogP) is 7.62. The molecule has 1 heterocycles. The third kappa shape index (κ3) is 13.9. The number of esters is 2. The lowest BCUT2D eigenvalue weighted by Crippen LogP contribution is -2.38. The molecular formula is C34H48NO10P. The number of nitrogens with zero attached hydrogens (tertiary/aromatic N) is 1. The van der Waals surface area contributed by atoms with Gasteiger partial charge in [-0.15, -0.1) is 0 Å². The van der Waals surface area contributed by atoms with Gasteiger partial charge in [0.2, 0.25) is 0 Å². The summed E-state index contributed by atoms with van der Waals surface area (Å²) >= 11 is 0. The molecule has 12 heteroatoms. The second-order valence-corrected chi connectivity index (χ2v) is 12.8. The first kappa shape index (κ1) is 37.1. The van der Waals surface area contributed by atoms with Crippen molar-refractivity contribution in [1.82, 2.24) is 4.90 Å². The number of benzene rings is 2. The Morgan fingerprint density at radius 3 is 2.15 bits per heavy atom. The standard InChI is InChI=1S/C34H48NO10P/c1-3-5-9-21-32(36)40-26-31(44-33(37)22-10-6-4-2)27-43-46(39,45-30-19-13-8-14-20-30)42-25-29-18-15-23-35(29)34(38)41-24-28-16-11-7-12-17-28/h7-8,11-14,16-17,19-20,29,31H,3-6,9-10,15,18,21-27H2,1-2H3/t29-,31+,46?/m0/s1. The van der Waals surface area contributed by atoms with Gasteiger partial charge < -0.3 is 23.6 Å². The summed E-state index contributed by atoms with van der Waals surface area (Å²) in [5.41, 5.74) is 0.865. The number of unbranched alkanes of at least 4 members (excludes halogenated alkanes) is 4. The van der Waals surface area contributed by atoms with Crippen molar-refractivity contribution in [1.29, 1.82) is 0 Å². The van der Waals surface area contributed by atoms with Crippen molar-refractivity contribution in [3.05, 3.63) is 66.2 Å². The lowest BCUT2D eigenvalue weighted by atomic mass is 10.2. The highest BCUT2D eigenvalue weighted by Crippen LogP contribution is 2.50. The fourth-order valence-electron chi connectivity index (χ4n) is 4.76. The minimum absolute atomic E-state index is 0.129. The molecular weight excluding hydrogens is 613 g/mol. The molecule has 11 nitrogen and oxygen atoms in total. The van der Waals surface area contributed by atoms with E-state index in [0.29, 0.717) is 25.8 Å². The summed E-state index contributed by atoms with van der Waals surface area (Å²) in [7, 11) is -4.32. The van der Waals surface area contributed by atoms with Gasteiger partial charge in [-0.2, -0.15) is 0 Å². The molecule has 3 atom stereocenters. The van der Waals surface area contributed by atoms with Gasteiger partial charge in [-0.3, -0.25) is 18.6 Å². The Hall–Kier alpha value is -3.40. The highest BCUT2D eigenvalue weighted by molar-refractivity contribution is 7.48. The van der Waals surface area contributed by atoms with E-state index in [2.05, 4.69) is 0 Å². The molecule has 0 aliphatic carbocycles. The molecule has 1 aliphatic rings. The fraction of sp³-hybridized carbons (Fsp3) is 0.559. The highest BCUT2D eigenvalue weighted by atomic mass is 31.2. The third-order valence-electron chi connectivity index (χ3n) is 7.32. The van der Waals surface area contributed by atoms with Crippen molar-refractivity contribution < 1.29 is 46.7 Å². The largest absolute Gasteiger partial charge is 0.530 e. The van der Waals surface area contributed by atoms with E-state index < -0.39 is 44.6 Å². The molecule has 0 spiro atoms. The van der Waals surface area contributed by atoms with Gasteiger partial charge in [0.1, 0.15) is 25.6 Å². The quantitative estimate of drug-likeness (QED) is 0.0570. The summed E-state index contributed by atoms with van der Waals surface area (Å²) in [5.74, 6) is -0.646. The lowest BCUT2D eigenvalue weighted by Gasteiger charge is -2.26. The molecule has 1 unspecified atom stereocenters. The number of carbonyl (C=O) groups is 3. The SMILES string of the molecule is CCCCCC(=O)OC[C@H](COP(=O)(OC[C@@H]1CCCN1C(=O)OCc1ccccc1)Oc1ccccc1)OC(=O)CCCCC. The minimum atomic E-state index is -4.32. The van der Waals surface area contributed by atoms with Crippen LogP contribution in [0.2, 0.25) is 0 Å². The van der Waals surface area contributed by atoms with Gasteiger partial charge in [0.25, 0.3) is 0 Å². The minimum Gasteiger partial charge on any atom is -0.462 e. The van der Waals surface area contributed by atoms with E-state index in [1.54, 1.807) is 35.2 Å². The van der Waals surface area contributed by atoms with Crippen LogP contribution in [0.3, 0.4) is 0 Å². The maximum atomic E-state index is 14.0. The van der Waals surface area contributed by atoms with Crippen LogP contribution in [-0.2, 0) is 44.0 Å². The number of phosphoric ester groups is 1. The van der Waals surface area contributed by atoms with Crippen LogP contribution in [0, 0.1) is 0 Å². The smallest absolute Gasteiger partial charge is 0.462 e. The fourth-order valence-corrected chi connectivity index (χ4v) is 6.02. The molecule has 1 fully saturated rings.